The maximum atomic E-state index is 12.1. The van der Waals surface area contributed by atoms with Crippen molar-refractivity contribution in [3.05, 3.63) is 126 Å². The fourth-order valence-electron chi connectivity index (χ4n) is 7.39. The number of phenols is 2. The van der Waals surface area contributed by atoms with Crippen LogP contribution in [0.1, 0.15) is 64.1 Å². The molecule has 4 aromatic carbocycles. The number of pyridine rings is 2. The van der Waals surface area contributed by atoms with Gasteiger partial charge in [-0.05, 0) is 88.2 Å². The van der Waals surface area contributed by atoms with Gasteiger partial charge in [0.15, 0.2) is 0 Å². The van der Waals surface area contributed by atoms with E-state index in [1.54, 1.807) is 0 Å². The third kappa shape index (κ3) is 5.84. The van der Waals surface area contributed by atoms with Gasteiger partial charge in [-0.2, -0.15) is 0 Å². The van der Waals surface area contributed by atoms with Gasteiger partial charge in [-0.15, -0.1) is 0 Å². The number of benzene rings is 4. The average Bonchev–Trinajstić information content (AvgIpc) is 3.82. The zero-order chi connectivity index (χ0) is 36.8. The number of H-pyrrole nitrogens is 1. The van der Waals surface area contributed by atoms with Crippen LogP contribution in [-0.2, 0) is 27.6 Å². The third-order valence-corrected chi connectivity index (χ3v) is 10.5. The van der Waals surface area contributed by atoms with Crippen LogP contribution < -0.4 is 0 Å². The van der Waals surface area contributed by atoms with E-state index < -0.39 is 0 Å². The number of fused-ring (bicyclic) bond motifs is 14. The average molecular weight is 752 g/mol. The zero-order valence-corrected chi connectivity index (χ0v) is 32.1. The van der Waals surface area contributed by atoms with Crippen molar-refractivity contribution in [1.29, 1.82) is 0 Å². The van der Waals surface area contributed by atoms with Gasteiger partial charge in [0.05, 0.1) is 33.5 Å². The van der Waals surface area contributed by atoms with Crippen LogP contribution in [0.2, 0.25) is 0 Å². The van der Waals surface area contributed by atoms with E-state index in [1.807, 2.05) is 72.8 Å². The molecular formula is C47H40CoN4O2. The summed E-state index contributed by atoms with van der Waals surface area (Å²) in [6.07, 6.45) is 3.99. The van der Waals surface area contributed by atoms with Crippen LogP contribution in [0.3, 0.4) is 0 Å². The van der Waals surface area contributed by atoms with Gasteiger partial charge in [0.25, 0.3) is 0 Å². The molecule has 5 heterocycles. The summed E-state index contributed by atoms with van der Waals surface area (Å²) < 4.78 is 0. The SMILES string of the molecule is CC(C)(C)c1cc2c3nc(c(-c4ccccc4)c4ccc([nH]4)c4cc(C(C)(C)C)cc(c4O)c4ccc5ccc6ccc(nc6c5n4)c(c1)c2O)C=C3.[Co]. The summed E-state index contributed by atoms with van der Waals surface area (Å²) in [5, 5.41) is 28.7. The fraction of sp³-hybridized carbons (Fsp3) is 0.170. The summed E-state index contributed by atoms with van der Waals surface area (Å²) in [4.78, 5) is 19.3. The van der Waals surface area contributed by atoms with E-state index in [9.17, 15) is 10.2 Å². The van der Waals surface area contributed by atoms with Gasteiger partial charge >= 0.3 is 0 Å². The minimum atomic E-state index is -0.217. The van der Waals surface area contributed by atoms with Crippen molar-refractivity contribution >= 4 is 77.6 Å². The second kappa shape index (κ2) is 12.7. The van der Waals surface area contributed by atoms with Gasteiger partial charge in [-0.1, -0.05) is 96.1 Å². The monoisotopic (exact) mass is 751 g/mol. The molecule has 0 spiro atoms. The molecule has 8 aromatic rings. The predicted octanol–water partition coefficient (Wildman–Crippen LogP) is 12.0. The van der Waals surface area contributed by atoms with Crippen LogP contribution in [0.15, 0.2) is 103 Å². The maximum absolute atomic E-state index is 12.1. The molecule has 0 aliphatic carbocycles. The summed E-state index contributed by atoms with van der Waals surface area (Å²) in [6.45, 7) is 13.0. The Balaban J connectivity index is 0.00000413. The van der Waals surface area contributed by atoms with E-state index in [4.69, 9.17) is 15.0 Å². The first-order valence-electron chi connectivity index (χ1n) is 18.1. The maximum Gasteiger partial charge on any atom is 0.134 e. The number of hydrogen-bond donors (Lipinski definition) is 3. The molecule has 7 heteroatoms. The fourth-order valence-corrected chi connectivity index (χ4v) is 7.39. The summed E-state index contributed by atoms with van der Waals surface area (Å²) in [6, 6.07) is 34.6. The van der Waals surface area contributed by atoms with Crippen molar-refractivity contribution in [2.45, 2.75) is 52.4 Å². The first-order chi connectivity index (χ1) is 25.3. The third-order valence-electron chi connectivity index (χ3n) is 10.5. The molecule has 12 bridgehead atoms. The molecule has 0 unspecified atom stereocenters. The molecule has 0 amide bonds. The van der Waals surface area contributed by atoms with E-state index in [1.165, 1.54) is 0 Å². The second-order valence-corrected chi connectivity index (χ2v) is 16.2. The Morgan fingerprint density at radius 3 is 1.56 bits per heavy atom. The van der Waals surface area contributed by atoms with Gasteiger partial charge < -0.3 is 15.2 Å². The zero-order valence-electron chi connectivity index (χ0n) is 31.0. The molecule has 6 nitrogen and oxygen atoms in total. The standard InChI is InChI=1S/C47H40N4O2.Co/c1-46(2,3)29-22-31-35-18-20-39(48-35)41(26-10-8-7-9-11-26)40-21-19-36(49-40)32-23-30(47(4,5)6)25-34(45(32)53)38-17-15-28-13-12-27-14-16-37(33(24-29)44(31)52)50-42(27)43(28)51-38;/h7-25,48,52-53H,1-6H3;. The number of nitrogens with zero attached hydrogens (tertiary/aromatic N) is 3. The predicted molar refractivity (Wildman–Crippen MR) is 221 cm³/mol. The van der Waals surface area contributed by atoms with Crippen molar-refractivity contribution in [2.75, 3.05) is 0 Å². The second-order valence-electron chi connectivity index (χ2n) is 16.2. The van der Waals surface area contributed by atoms with E-state index >= 15 is 0 Å². The minimum Gasteiger partial charge on any atom is -0.507 e. The Bertz CT molecular complexity index is 2990. The van der Waals surface area contributed by atoms with E-state index in [0.717, 1.165) is 60.8 Å². The number of aromatic hydroxyl groups is 2. The molecule has 1 radical (unpaired) electrons. The molecule has 54 heavy (non-hydrogen) atoms. The Morgan fingerprint density at radius 1 is 0.500 bits per heavy atom. The molecule has 4 aromatic heterocycles. The van der Waals surface area contributed by atoms with Crippen LogP contribution in [0.25, 0.3) is 88.7 Å². The van der Waals surface area contributed by atoms with Crippen molar-refractivity contribution in [3.63, 3.8) is 0 Å². The largest absolute Gasteiger partial charge is 0.507 e. The number of phenolic OH excluding ortho intramolecular Hbond substituents is 2. The molecule has 1 aliphatic heterocycles. The van der Waals surface area contributed by atoms with Crippen LogP contribution in [0.4, 0.5) is 0 Å². The van der Waals surface area contributed by atoms with E-state index in [-0.39, 0.29) is 39.1 Å². The van der Waals surface area contributed by atoms with Gasteiger partial charge in [0.2, 0.25) is 0 Å². The van der Waals surface area contributed by atoms with Crippen molar-refractivity contribution in [2.24, 2.45) is 0 Å². The van der Waals surface area contributed by atoms with Gasteiger partial charge in [0.1, 0.15) is 11.5 Å². The number of aromatic amines is 1. The smallest absolute Gasteiger partial charge is 0.134 e. The van der Waals surface area contributed by atoms with Crippen molar-refractivity contribution in [1.82, 2.24) is 19.9 Å². The number of hydrogen-bond acceptors (Lipinski definition) is 5. The van der Waals surface area contributed by atoms with Crippen LogP contribution in [0.5, 0.6) is 11.5 Å². The molecule has 0 fully saturated rings. The summed E-state index contributed by atoms with van der Waals surface area (Å²) >= 11 is 0. The van der Waals surface area contributed by atoms with Crippen molar-refractivity contribution < 1.29 is 27.0 Å². The van der Waals surface area contributed by atoms with Crippen LogP contribution >= 0.6 is 0 Å². The minimum absolute atomic E-state index is 0. The quantitative estimate of drug-likeness (QED) is 0.145. The number of nitrogens with one attached hydrogen (secondary N) is 1. The van der Waals surface area contributed by atoms with E-state index in [0.29, 0.717) is 38.3 Å². The Kier molecular flexibility index (Phi) is 8.28. The summed E-state index contributed by atoms with van der Waals surface area (Å²) in [5.41, 5.74) is 9.41. The topological polar surface area (TPSA) is 94.9 Å². The molecule has 0 saturated heterocycles. The molecule has 9 rings (SSSR count). The first-order valence-corrected chi connectivity index (χ1v) is 18.1. The first kappa shape index (κ1) is 35.3. The molecule has 1 aliphatic rings. The summed E-state index contributed by atoms with van der Waals surface area (Å²) in [7, 11) is 0. The Hall–Kier alpha value is -5.76. The van der Waals surface area contributed by atoms with Gasteiger partial charge in [-0.3, -0.25) is 0 Å². The summed E-state index contributed by atoms with van der Waals surface area (Å²) in [5.74, 6) is 0.274. The Morgan fingerprint density at radius 2 is 0.981 bits per heavy atom. The molecule has 269 valence electrons. The van der Waals surface area contributed by atoms with E-state index in [2.05, 4.69) is 89.0 Å². The van der Waals surface area contributed by atoms with Crippen molar-refractivity contribution in [3.8, 4) is 22.6 Å². The molecule has 3 N–H and O–H groups in total. The number of rotatable bonds is 1. The van der Waals surface area contributed by atoms with Gasteiger partial charge in [-0.25, -0.2) is 15.0 Å². The van der Waals surface area contributed by atoms with Gasteiger partial charge in [0, 0.05) is 65.7 Å². The van der Waals surface area contributed by atoms with Crippen LogP contribution in [-0.4, -0.2) is 30.1 Å². The number of aromatic nitrogens is 4. The molecule has 0 atom stereocenters. The Labute approximate surface area is 323 Å². The normalized spacial score (nSPS) is 12.6. The molecule has 0 saturated carbocycles. The van der Waals surface area contributed by atoms with Crippen LogP contribution in [0, 0.1) is 0 Å². The molecular weight excluding hydrogens is 711 g/mol.